The molecule has 118 valence electrons. The van der Waals surface area contributed by atoms with Crippen LogP contribution in [0.4, 0.5) is 0 Å². The summed E-state index contributed by atoms with van der Waals surface area (Å²) in [5.74, 6) is -1.25. The fourth-order valence-corrected chi connectivity index (χ4v) is 3.36. The standard InChI is InChI=1S/C15H23NO4S/c1-10(2)9-14(15(17)18)12-5-7-13(8-6-12)21(19,20)16-11(3)4/h5-8,10-11,14,16H,9H2,1-4H3,(H,17,18). The summed E-state index contributed by atoms with van der Waals surface area (Å²) in [6.07, 6.45) is 0.520. The normalized spacial score (nSPS) is 13.6. The van der Waals surface area contributed by atoms with Gasteiger partial charge in [0.2, 0.25) is 10.0 Å². The maximum absolute atomic E-state index is 12.0. The summed E-state index contributed by atoms with van der Waals surface area (Å²) in [6, 6.07) is 5.88. The zero-order valence-electron chi connectivity index (χ0n) is 12.8. The molecule has 0 fully saturated rings. The van der Waals surface area contributed by atoms with Gasteiger partial charge in [0.1, 0.15) is 0 Å². The van der Waals surface area contributed by atoms with E-state index in [0.29, 0.717) is 12.0 Å². The van der Waals surface area contributed by atoms with Crippen molar-refractivity contribution < 1.29 is 18.3 Å². The topological polar surface area (TPSA) is 83.5 Å². The van der Waals surface area contributed by atoms with Crippen LogP contribution in [0.25, 0.3) is 0 Å². The monoisotopic (exact) mass is 313 g/mol. The van der Waals surface area contributed by atoms with Gasteiger partial charge in [-0.1, -0.05) is 26.0 Å². The predicted molar refractivity (Wildman–Crippen MR) is 81.7 cm³/mol. The third-order valence-corrected chi connectivity index (χ3v) is 4.66. The third kappa shape index (κ3) is 5.13. The molecule has 0 radical (unpaired) electrons. The fourth-order valence-electron chi connectivity index (χ4n) is 2.11. The Hall–Kier alpha value is -1.40. The number of benzene rings is 1. The minimum Gasteiger partial charge on any atom is -0.481 e. The molecule has 2 N–H and O–H groups in total. The first-order chi connectivity index (χ1) is 9.63. The van der Waals surface area contributed by atoms with Gasteiger partial charge in [-0.05, 0) is 43.9 Å². The third-order valence-electron chi connectivity index (χ3n) is 2.99. The molecular formula is C15H23NO4S. The summed E-state index contributed by atoms with van der Waals surface area (Å²) in [5, 5.41) is 9.29. The average molecular weight is 313 g/mol. The maximum Gasteiger partial charge on any atom is 0.310 e. The highest BCUT2D eigenvalue weighted by Crippen LogP contribution is 2.25. The maximum atomic E-state index is 12.0. The Morgan fingerprint density at radius 2 is 1.67 bits per heavy atom. The van der Waals surface area contributed by atoms with Gasteiger partial charge in [0.15, 0.2) is 0 Å². The largest absolute Gasteiger partial charge is 0.481 e. The molecule has 5 nitrogen and oxygen atoms in total. The molecule has 6 heteroatoms. The van der Waals surface area contributed by atoms with Gasteiger partial charge in [-0.25, -0.2) is 13.1 Å². The van der Waals surface area contributed by atoms with Crippen LogP contribution in [0.3, 0.4) is 0 Å². The Kier molecular flexibility index (Phi) is 5.92. The molecule has 1 unspecified atom stereocenters. The number of nitrogens with one attached hydrogen (secondary N) is 1. The van der Waals surface area contributed by atoms with Crippen LogP contribution in [0.2, 0.25) is 0 Å². The molecule has 1 aromatic rings. The molecule has 1 aromatic carbocycles. The van der Waals surface area contributed by atoms with Crippen molar-refractivity contribution >= 4 is 16.0 Å². The first-order valence-electron chi connectivity index (χ1n) is 6.98. The smallest absolute Gasteiger partial charge is 0.310 e. The molecule has 0 aliphatic heterocycles. The molecule has 1 atom stereocenters. The Balaban J connectivity index is 3.03. The van der Waals surface area contributed by atoms with Crippen molar-refractivity contribution in [3.05, 3.63) is 29.8 Å². The van der Waals surface area contributed by atoms with Crippen molar-refractivity contribution in [2.45, 2.75) is 51.0 Å². The number of carbonyl (C=O) groups is 1. The quantitative estimate of drug-likeness (QED) is 0.810. The van der Waals surface area contributed by atoms with Gasteiger partial charge in [0, 0.05) is 6.04 Å². The summed E-state index contributed by atoms with van der Waals surface area (Å²) in [5.41, 5.74) is 0.625. The molecular weight excluding hydrogens is 290 g/mol. The zero-order valence-corrected chi connectivity index (χ0v) is 13.6. The molecule has 0 aliphatic carbocycles. The number of carboxylic acid groups (broad SMARTS) is 1. The Morgan fingerprint density at radius 1 is 1.14 bits per heavy atom. The highest BCUT2D eigenvalue weighted by molar-refractivity contribution is 7.89. The van der Waals surface area contributed by atoms with E-state index < -0.39 is 21.9 Å². The van der Waals surface area contributed by atoms with Crippen molar-refractivity contribution in [2.75, 3.05) is 0 Å². The zero-order chi connectivity index (χ0) is 16.2. The van der Waals surface area contributed by atoms with Crippen molar-refractivity contribution in [1.29, 1.82) is 0 Å². The number of hydrogen-bond acceptors (Lipinski definition) is 3. The predicted octanol–water partition coefficient (Wildman–Crippen LogP) is 2.59. The van der Waals surface area contributed by atoms with E-state index in [2.05, 4.69) is 4.72 Å². The van der Waals surface area contributed by atoms with Crippen LogP contribution >= 0.6 is 0 Å². The minimum atomic E-state index is -3.54. The second-order valence-corrected chi connectivity index (χ2v) is 7.58. The lowest BCUT2D eigenvalue weighted by Crippen LogP contribution is -2.30. The highest BCUT2D eigenvalue weighted by Gasteiger charge is 2.22. The molecule has 0 saturated heterocycles. The molecule has 0 bridgehead atoms. The van der Waals surface area contributed by atoms with Gasteiger partial charge in [-0.15, -0.1) is 0 Å². The highest BCUT2D eigenvalue weighted by atomic mass is 32.2. The van der Waals surface area contributed by atoms with Gasteiger partial charge < -0.3 is 5.11 Å². The van der Waals surface area contributed by atoms with Gasteiger partial charge in [0.25, 0.3) is 0 Å². The lowest BCUT2D eigenvalue weighted by Gasteiger charge is -2.16. The summed E-state index contributed by atoms with van der Waals surface area (Å²) < 4.78 is 26.5. The number of carboxylic acids is 1. The van der Waals surface area contributed by atoms with Crippen LogP contribution in [0, 0.1) is 5.92 Å². The summed E-state index contributed by atoms with van der Waals surface area (Å²) >= 11 is 0. The van der Waals surface area contributed by atoms with Crippen LogP contribution in [-0.4, -0.2) is 25.5 Å². The van der Waals surface area contributed by atoms with Crippen LogP contribution in [0.1, 0.15) is 45.6 Å². The van der Waals surface area contributed by atoms with Crippen molar-refractivity contribution in [3.63, 3.8) is 0 Å². The van der Waals surface area contributed by atoms with Crippen LogP contribution in [0.15, 0.2) is 29.2 Å². The van der Waals surface area contributed by atoms with Gasteiger partial charge in [-0.3, -0.25) is 4.79 Å². The van der Waals surface area contributed by atoms with Gasteiger partial charge in [-0.2, -0.15) is 0 Å². The second-order valence-electron chi connectivity index (χ2n) is 5.87. The molecule has 21 heavy (non-hydrogen) atoms. The van der Waals surface area contributed by atoms with E-state index in [4.69, 9.17) is 0 Å². The molecule has 0 amide bonds. The second kappa shape index (κ2) is 7.04. The van der Waals surface area contributed by atoms with Crippen molar-refractivity contribution in [1.82, 2.24) is 4.72 Å². The number of hydrogen-bond donors (Lipinski definition) is 2. The van der Waals surface area contributed by atoms with Gasteiger partial charge in [0.05, 0.1) is 10.8 Å². The molecule has 0 saturated carbocycles. The molecule has 1 rings (SSSR count). The molecule has 0 heterocycles. The summed E-state index contributed by atoms with van der Waals surface area (Å²) in [4.78, 5) is 11.5. The molecule has 0 aliphatic rings. The Bertz CT molecular complexity index is 576. The lowest BCUT2D eigenvalue weighted by atomic mass is 9.90. The van der Waals surface area contributed by atoms with Gasteiger partial charge >= 0.3 is 5.97 Å². The fraction of sp³-hybridized carbons (Fsp3) is 0.533. The first kappa shape index (κ1) is 17.7. The number of aliphatic carboxylic acids is 1. The van der Waals surface area contributed by atoms with Crippen molar-refractivity contribution in [3.8, 4) is 0 Å². The van der Waals surface area contributed by atoms with E-state index in [1.54, 1.807) is 26.0 Å². The van der Waals surface area contributed by atoms with E-state index >= 15 is 0 Å². The average Bonchev–Trinajstić information content (AvgIpc) is 2.34. The first-order valence-corrected chi connectivity index (χ1v) is 8.47. The molecule has 0 aromatic heterocycles. The minimum absolute atomic E-state index is 0.147. The molecule has 0 spiro atoms. The summed E-state index contributed by atoms with van der Waals surface area (Å²) in [6.45, 7) is 7.41. The van der Waals surface area contributed by atoms with Crippen molar-refractivity contribution in [2.24, 2.45) is 5.92 Å². The van der Waals surface area contributed by atoms with E-state index in [9.17, 15) is 18.3 Å². The summed E-state index contributed by atoms with van der Waals surface area (Å²) in [7, 11) is -3.54. The van der Waals surface area contributed by atoms with E-state index in [-0.39, 0.29) is 16.9 Å². The van der Waals surface area contributed by atoms with E-state index in [1.165, 1.54) is 12.1 Å². The van der Waals surface area contributed by atoms with Crippen LogP contribution in [-0.2, 0) is 14.8 Å². The SMILES string of the molecule is CC(C)CC(C(=O)O)c1ccc(S(=O)(=O)NC(C)C)cc1. The van der Waals surface area contributed by atoms with E-state index in [0.717, 1.165) is 0 Å². The van der Waals surface area contributed by atoms with E-state index in [1.807, 2.05) is 13.8 Å². The number of rotatable bonds is 7. The Labute approximate surface area is 126 Å². The lowest BCUT2D eigenvalue weighted by molar-refractivity contribution is -0.139. The number of sulfonamides is 1. The Morgan fingerprint density at radius 3 is 2.05 bits per heavy atom. The van der Waals surface area contributed by atoms with Crippen LogP contribution < -0.4 is 4.72 Å². The van der Waals surface area contributed by atoms with Crippen LogP contribution in [0.5, 0.6) is 0 Å².